The maximum Gasteiger partial charge on any atom is 0.234 e. The zero-order chi connectivity index (χ0) is 11.1. The van der Waals surface area contributed by atoms with Gasteiger partial charge in [0.05, 0.1) is 5.56 Å². The standard InChI is InChI=1S/C9H7N5OS/c10-5-1-2-7(15)6(3-5)8-13-14-4-11-12-9(14)16-8/h1-4,15H,10H2. The molecule has 7 heteroatoms. The van der Waals surface area contributed by atoms with Crippen molar-refractivity contribution in [1.82, 2.24) is 19.8 Å². The number of phenols is 1. The molecular weight excluding hydrogens is 226 g/mol. The molecule has 0 aliphatic carbocycles. The number of rotatable bonds is 1. The molecule has 0 fully saturated rings. The Bertz CT molecular complexity index is 630. The summed E-state index contributed by atoms with van der Waals surface area (Å²) in [6.07, 6.45) is 1.51. The molecule has 0 aliphatic heterocycles. The maximum atomic E-state index is 9.72. The lowest BCUT2D eigenvalue weighted by Gasteiger charge is -2.00. The molecule has 1 aromatic carbocycles. The van der Waals surface area contributed by atoms with Gasteiger partial charge in [-0.15, -0.1) is 10.2 Å². The van der Waals surface area contributed by atoms with Crippen molar-refractivity contribution in [1.29, 1.82) is 0 Å². The van der Waals surface area contributed by atoms with Crippen LogP contribution >= 0.6 is 11.3 Å². The average molecular weight is 233 g/mol. The van der Waals surface area contributed by atoms with E-state index in [1.54, 1.807) is 22.7 Å². The van der Waals surface area contributed by atoms with Gasteiger partial charge in [-0.05, 0) is 18.2 Å². The number of fused-ring (bicyclic) bond motifs is 1. The van der Waals surface area contributed by atoms with Gasteiger partial charge in [-0.3, -0.25) is 0 Å². The van der Waals surface area contributed by atoms with Crippen molar-refractivity contribution in [3.05, 3.63) is 24.5 Å². The van der Waals surface area contributed by atoms with Gasteiger partial charge in [-0.2, -0.15) is 9.61 Å². The molecule has 0 saturated carbocycles. The van der Waals surface area contributed by atoms with Crippen LogP contribution in [0.3, 0.4) is 0 Å². The van der Waals surface area contributed by atoms with Gasteiger partial charge >= 0.3 is 0 Å². The highest BCUT2D eigenvalue weighted by Gasteiger charge is 2.11. The second-order valence-electron chi connectivity index (χ2n) is 3.24. The summed E-state index contributed by atoms with van der Waals surface area (Å²) in [5.74, 6) is 0.152. The Morgan fingerprint density at radius 3 is 3.06 bits per heavy atom. The summed E-state index contributed by atoms with van der Waals surface area (Å²) >= 11 is 1.34. The minimum atomic E-state index is 0.152. The summed E-state index contributed by atoms with van der Waals surface area (Å²) in [5, 5.41) is 22.2. The van der Waals surface area contributed by atoms with E-state index in [2.05, 4.69) is 15.3 Å². The van der Waals surface area contributed by atoms with Crippen LogP contribution in [0.25, 0.3) is 15.5 Å². The largest absolute Gasteiger partial charge is 0.507 e. The molecule has 0 spiro atoms. The Labute approximate surface area is 94.0 Å². The zero-order valence-corrected chi connectivity index (χ0v) is 8.85. The van der Waals surface area contributed by atoms with Crippen LogP contribution in [0.15, 0.2) is 24.5 Å². The van der Waals surface area contributed by atoms with Crippen LogP contribution in [0, 0.1) is 0 Å². The summed E-state index contributed by atoms with van der Waals surface area (Å²) in [6, 6.07) is 4.87. The van der Waals surface area contributed by atoms with Crippen LogP contribution < -0.4 is 5.73 Å². The number of anilines is 1. The first-order chi connectivity index (χ1) is 7.74. The first-order valence-electron chi connectivity index (χ1n) is 4.50. The van der Waals surface area contributed by atoms with Crippen LogP contribution in [-0.2, 0) is 0 Å². The molecule has 3 rings (SSSR count). The van der Waals surface area contributed by atoms with E-state index in [0.717, 1.165) is 0 Å². The molecule has 2 aromatic heterocycles. The van der Waals surface area contributed by atoms with Gasteiger partial charge in [0.2, 0.25) is 4.96 Å². The Kier molecular flexibility index (Phi) is 1.80. The van der Waals surface area contributed by atoms with Gasteiger partial charge in [-0.25, -0.2) is 0 Å². The minimum absolute atomic E-state index is 0.152. The monoisotopic (exact) mass is 233 g/mol. The maximum absolute atomic E-state index is 9.72. The number of nitrogen functional groups attached to an aromatic ring is 1. The minimum Gasteiger partial charge on any atom is -0.507 e. The number of aromatic nitrogens is 4. The fourth-order valence-electron chi connectivity index (χ4n) is 1.39. The van der Waals surface area contributed by atoms with Crippen molar-refractivity contribution >= 4 is 22.0 Å². The highest BCUT2D eigenvalue weighted by atomic mass is 32.1. The molecule has 0 unspecified atom stereocenters. The molecule has 0 aliphatic rings. The summed E-state index contributed by atoms with van der Waals surface area (Å²) in [5.41, 5.74) is 6.85. The van der Waals surface area contributed by atoms with Gasteiger partial charge in [0.25, 0.3) is 0 Å². The molecular formula is C9H7N5OS. The number of nitrogens with zero attached hydrogens (tertiary/aromatic N) is 4. The summed E-state index contributed by atoms with van der Waals surface area (Å²) in [7, 11) is 0. The second kappa shape index (κ2) is 3.17. The molecule has 80 valence electrons. The Balaban J connectivity index is 2.22. The number of benzene rings is 1. The van der Waals surface area contributed by atoms with Crippen LogP contribution in [0.1, 0.15) is 0 Å². The normalized spacial score (nSPS) is 11.0. The predicted octanol–water partition coefficient (Wildman–Crippen LogP) is 1.14. The van der Waals surface area contributed by atoms with Crippen molar-refractivity contribution < 1.29 is 5.11 Å². The Morgan fingerprint density at radius 2 is 2.25 bits per heavy atom. The second-order valence-corrected chi connectivity index (χ2v) is 4.20. The lowest BCUT2D eigenvalue weighted by molar-refractivity contribution is 0.477. The molecule has 0 bridgehead atoms. The highest BCUT2D eigenvalue weighted by Crippen LogP contribution is 2.33. The number of phenolic OH excluding ortho intramolecular Hbond substituents is 1. The Morgan fingerprint density at radius 1 is 1.38 bits per heavy atom. The van der Waals surface area contributed by atoms with E-state index < -0.39 is 0 Å². The van der Waals surface area contributed by atoms with Crippen LogP contribution in [0.4, 0.5) is 5.69 Å². The van der Waals surface area contributed by atoms with Crippen LogP contribution in [-0.4, -0.2) is 24.9 Å². The zero-order valence-electron chi connectivity index (χ0n) is 8.03. The fraction of sp³-hybridized carbons (Fsp3) is 0. The van der Waals surface area contributed by atoms with Crippen LogP contribution in [0.5, 0.6) is 5.75 Å². The first-order valence-corrected chi connectivity index (χ1v) is 5.31. The Hall–Kier alpha value is -2.15. The summed E-state index contributed by atoms with van der Waals surface area (Å²) in [6.45, 7) is 0. The van der Waals surface area contributed by atoms with Crippen molar-refractivity contribution in [2.75, 3.05) is 5.73 Å². The quantitative estimate of drug-likeness (QED) is 0.486. The predicted molar refractivity (Wildman–Crippen MR) is 60.2 cm³/mol. The molecule has 0 atom stereocenters. The van der Waals surface area contributed by atoms with Crippen LogP contribution in [0.2, 0.25) is 0 Å². The third-order valence-electron chi connectivity index (χ3n) is 2.14. The number of nitrogens with two attached hydrogens (primary N) is 1. The van der Waals surface area contributed by atoms with E-state index in [0.29, 0.717) is 21.2 Å². The van der Waals surface area contributed by atoms with Crippen molar-refractivity contribution in [3.8, 4) is 16.3 Å². The summed E-state index contributed by atoms with van der Waals surface area (Å²) in [4.78, 5) is 0.678. The van der Waals surface area contributed by atoms with E-state index in [4.69, 9.17) is 5.73 Å². The molecule has 2 heterocycles. The number of hydrogen-bond donors (Lipinski definition) is 2. The molecule has 6 nitrogen and oxygen atoms in total. The van der Waals surface area contributed by atoms with Gasteiger partial charge in [0, 0.05) is 5.69 Å². The van der Waals surface area contributed by atoms with Gasteiger partial charge in [0.1, 0.15) is 12.1 Å². The SMILES string of the molecule is Nc1ccc(O)c(-c2nn3cnnc3s2)c1. The fourth-order valence-corrected chi connectivity index (χ4v) is 2.24. The van der Waals surface area contributed by atoms with E-state index in [1.807, 2.05) is 0 Å². The van der Waals surface area contributed by atoms with Gasteiger partial charge in [0.15, 0.2) is 5.01 Å². The van der Waals surface area contributed by atoms with Crippen molar-refractivity contribution in [2.24, 2.45) is 0 Å². The van der Waals surface area contributed by atoms with E-state index >= 15 is 0 Å². The molecule has 3 N–H and O–H groups in total. The molecule has 0 amide bonds. The smallest absolute Gasteiger partial charge is 0.234 e. The lowest BCUT2D eigenvalue weighted by atomic mass is 10.2. The molecule has 0 saturated heterocycles. The molecule has 0 radical (unpaired) electrons. The first kappa shape index (κ1) is 9.10. The summed E-state index contributed by atoms with van der Waals surface area (Å²) < 4.78 is 1.56. The van der Waals surface area contributed by atoms with Gasteiger partial charge < -0.3 is 10.8 Å². The van der Waals surface area contributed by atoms with Crippen molar-refractivity contribution in [3.63, 3.8) is 0 Å². The number of hydrogen-bond acceptors (Lipinski definition) is 6. The van der Waals surface area contributed by atoms with E-state index in [1.165, 1.54) is 17.7 Å². The third kappa shape index (κ3) is 1.29. The van der Waals surface area contributed by atoms with E-state index in [-0.39, 0.29) is 5.75 Å². The third-order valence-corrected chi connectivity index (χ3v) is 3.08. The number of aromatic hydroxyl groups is 1. The van der Waals surface area contributed by atoms with Crippen molar-refractivity contribution in [2.45, 2.75) is 0 Å². The highest BCUT2D eigenvalue weighted by molar-refractivity contribution is 7.19. The molecule has 3 aromatic rings. The molecule has 16 heavy (non-hydrogen) atoms. The van der Waals surface area contributed by atoms with E-state index in [9.17, 15) is 5.11 Å². The van der Waals surface area contributed by atoms with Gasteiger partial charge in [-0.1, -0.05) is 11.3 Å². The topological polar surface area (TPSA) is 89.3 Å². The average Bonchev–Trinajstić information content (AvgIpc) is 2.81. The lowest BCUT2D eigenvalue weighted by Crippen LogP contribution is -1.87.